The Morgan fingerprint density at radius 3 is 3.33 bits per heavy atom. The summed E-state index contributed by atoms with van der Waals surface area (Å²) in [5.74, 6) is 1.11. The summed E-state index contributed by atoms with van der Waals surface area (Å²) in [6.07, 6.45) is 2.77. The van der Waals surface area contributed by atoms with Crippen LogP contribution in [-0.4, -0.2) is 25.0 Å². The second kappa shape index (κ2) is 2.92. The van der Waals surface area contributed by atoms with Gasteiger partial charge in [0.15, 0.2) is 0 Å². The highest BCUT2D eigenvalue weighted by Gasteiger charge is 2.25. The number of nitrogens with two attached hydrogens (primary N) is 1. The third-order valence-electron chi connectivity index (χ3n) is 2.59. The molecule has 3 heteroatoms. The van der Waals surface area contributed by atoms with Crippen LogP contribution in [0.4, 0.5) is 0 Å². The molecule has 0 spiro atoms. The number of furan rings is 1. The van der Waals surface area contributed by atoms with Gasteiger partial charge in [-0.1, -0.05) is 0 Å². The van der Waals surface area contributed by atoms with Crippen LogP contribution in [0.15, 0.2) is 16.7 Å². The molecule has 2 rings (SSSR count). The van der Waals surface area contributed by atoms with E-state index in [9.17, 15) is 0 Å². The summed E-state index contributed by atoms with van der Waals surface area (Å²) in [5.41, 5.74) is 6.95. The molecule has 0 saturated carbocycles. The summed E-state index contributed by atoms with van der Waals surface area (Å²) in [5, 5.41) is 0. The Bertz CT molecular complexity index is 269. The van der Waals surface area contributed by atoms with Gasteiger partial charge < -0.3 is 10.2 Å². The van der Waals surface area contributed by atoms with Crippen LogP contribution in [-0.2, 0) is 6.42 Å². The minimum Gasteiger partial charge on any atom is -0.469 e. The Hall–Kier alpha value is -0.800. The Morgan fingerprint density at radius 1 is 1.75 bits per heavy atom. The smallest absolute Gasteiger partial charge is 0.109 e. The van der Waals surface area contributed by atoms with Crippen molar-refractivity contribution in [1.82, 2.24) is 4.90 Å². The molecule has 1 atom stereocenters. The van der Waals surface area contributed by atoms with Crippen LogP contribution < -0.4 is 5.73 Å². The van der Waals surface area contributed by atoms with Gasteiger partial charge in [0.2, 0.25) is 0 Å². The molecule has 1 aliphatic rings. The zero-order valence-electron chi connectivity index (χ0n) is 7.29. The lowest BCUT2D eigenvalue weighted by Crippen LogP contribution is -2.35. The van der Waals surface area contributed by atoms with Crippen molar-refractivity contribution in [2.24, 2.45) is 5.73 Å². The highest BCUT2D eigenvalue weighted by molar-refractivity contribution is 5.24. The monoisotopic (exact) mass is 166 g/mol. The minimum atomic E-state index is 0.354. The van der Waals surface area contributed by atoms with Gasteiger partial charge in [-0.2, -0.15) is 0 Å². The van der Waals surface area contributed by atoms with Gasteiger partial charge >= 0.3 is 0 Å². The largest absolute Gasteiger partial charge is 0.469 e. The third-order valence-corrected chi connectivity index (χ3v) is 2.59. The van der Waals surface area contributed by atoms with E-state index in [2.05, 4.69) is 11.9 Å². The SMILES string of the molecule is CN1CCc2occc2C1CN. The summed E-state index contributed by atoms with van der Waals surface area (Å²) in [7, 11) is 2.10. The third kappa shape index (κ3) is 1.06. The Kier molecular flexibility index (Phi) is 1.90. The Labute approximate surface area is 72.1 Å². The van der Waals surface area contributed by atoms with Crippen molar-refractivity contribution in [2.45, 2.75) is 12.5 Å². The molecule has 0 amide bonds. The number of nitrogens with zero attached hydrogens (tertiary/aromatic N) is 1. The molecule has 1 unspecified atom stereocenters. The van der Waals surface area contributed by atoms with Crippen molar-refractivity contribution in [2.75, 3.05) is 20.1 Å². The average Bonchev–Trinajstić information content (AvgIpc) is 2.52. The van der Waals surface area contributed by atoms with Gasteiger partial charge in [-0.05, 0) is 13.1 Å². The summed E-state index contributed by atoms with van der Waals surface area (Å²) in [4.78, 5) is 2.28. The Balaban J connectivity index is 2.34. The number of fused-ring (bicyclic) bond motifs is 1. The van der Waals surface area contributed by atoms with E-state index in [-0.39, 0.29) is 0 Å². The fraction of sp³-hybridized carbons (Fsp3) is 0.556. The lowest BCUT2D eigenvalue weighted by atomic mass is 10.0. The molecular weight excluding hydrogens is 152 g/mol. The molecule has 1 aliphatic heterocycles. The van der Waals surface area contributed by atoms with Crippen LogP contribution in [0, 0.1) is 0 Å². The summed E-state index contributed by atoms with van der Waals surface area (Å²) in [6.45, 7) is 1.71. The van der Waals surface area contributed by atoms with Crippen LogP contribution in [0.3, 0.4) is 0 Å². The fourth-order valence-corrected chi connectivity index (χ4v) is 1.83. The lowest BCUT2D eigenvalue weighted by molar-refractivity contribution is 0.224. The van der Waals surface area contributed by atoms with Crippen molar-refractivity contribution in [1.29, 1.82) is 0 Å². The molecule has 1 aromatic heterocycles. The first-order valence-corrected chi connectivity index (χ1v) is 4.29. The quantitative estimate of drug-likeness (QED) is 0.670. The number of rotatable bonds is 1. The van der Waals surface area contributed by atoms with Gasteiger partial charge in [0.25, 0.3) is 0 Å². The van der Waals surface area contributed by atoms with E-state index in [0.717, 1.165) is 18.7 Å². The maximum Gasteiger partial charge on any atom is 0.109 e. The standard InChI is InChI=1S/C9H14N2O/c1-11-4-2-9-7(3-5-12-9)8(11)6-10/h3,5,8H,2,4,6,10H2,1H3. The molecule has 0 fully saturated rings. The van der Waals surface area contributed by atoms with Crippen molar-refractivity contribution < 1.29 is 4.42 Å². The van der Waals surface area contributed by atoms with Crippen LogP contribution >= 0.6 is 0 Å². The predicted octanol–water partition coefficient (Wildman–Crippen LogP) is 0.767. The molecule has 0 aliphatic carbocycles. The van der Waals surface area contributed by atoms with Gasteiger partial charge in [0, 0.05) is 25.1 Å². The maximum absolute atomic E-state index is 5.68. The predicted molar refractivity (Wildman–Crippen MR) is 46.8 cm³/mol. The van der Waals surface area contributed by atoms with Gasteiger partial charge in [-0.15, -0.1) is 0 Å². The van der Waals surface area contributed by atoms with E-state index < -0.39 is 0 Å². The molecule has 0 aromatic carbocycles. The van der Waals surface area contributed by atoms with Crippen molar-refractivity contribution >= 4 is 0 Å². The topological polar surface area (TPSA) is 42.4 Å². The normalized spacial score (nSPS) is 24.0. The highest BCUT2D eigenvalue weighted by atomic mass is 16.3. The van der Waals surface area contributed by atoms with Gasteiger partial charge in [0.05, 0.1) is 12.3 Å². The van der Waals surface area contributed by atoms with Gasteiger partial charge in [0.1, 0.15) is 5.76 Å². The molecule has 0 saturated heterocycles. The van der Waals surface area contributed by atoms with Gasteiger partial charge in [-0.3, -0.25) is 4.90 Å². The van der Waals surface area contributed by atoms with E-state index >= 15 is 0 Å². The van der Waals surface area contributed by atoms with Crippen molar-refractivity contribution in [3.8, 4) is 0 Å². The van der Waals surface area contributed by atoms with E-state index in [1.165, 1.54) is 5.56 Å². The highest BCUT2D eigenvalue weighted by Crippen LogP contribution is 2.28. The zero-order chi connectivity index (χ0) is 8.55. The molecular formula is C9H14N2O. The number of hydrogen-bond acceptors (Lipinski definition) is 3. The van der Waals surface area contributed by atoms with Crippen molar-refractivity contribution in [3.05, 3.63) is 23.7 Å². The van der Waals surface area contributed by atoms with E-state index in [4.69, 9.17) is 10.2 Å². The summed E-state index contributed by atoms with van der Waals surface area (Å²) in [6, 6.07) is 2.38. The minimum absolute atomic E-state index is 0.354. The fourth-order valence-electron chi connectivity index (χ4n) is 1.83. The van der Waals surface area contributed by atoms with Gasteiger partial charge in [-0.25, -0.2) is 0 Å². The first kappa shape index (κ1) is 7.83. The molecule has 12 heavy (non-hydrogen) atoms. The second-order valence-corrected chi connectivity index (χ2v) is 3.28. The number of likely N-dealkylation sites (N-methyl/N-ethyl adjacent to an activating group) is 1. The Morgan fingerprint density at radius 2 is 2.58 bits per heavy atom. The van der Waals surface area contributed by atoms with E-state index in [1.54, 1.807) is 6.26 Å². The van der Waals surface area contributed by atoms with Crippen LogP contribution in [0.2, 0.25) is 0 Å². The average molecular weight is 166 g/mol. The van der Waals surface area contributed by atoms with Crippen LogP contribution in [0.5, 0.6) is 0 Å². The van der Waals surface area contributed by atoms with E-state index in [1.807, 2.05) is 6.07 Å². The maximum atomic E-state index is 5.68. The molecule has 2 N–H and O–H groups in total. The first-order valence-electron chi connectivity index (χ1n) is 4.29. The molecule has 0 radical (unpaired) electrons. The molecule has 1 aromatic rings. The molecule has 3 nitrogen and oxygen atoms in total. The zero-order valence-corrected chi connectivity index (χ0v) is 7.29. The second-order valence-electron chi connectivity index (χ2n) is 3.28. The summed E-state index contributed by atoms with van der Waals surface area (Å²) >= 11 is 0. The van der Waals surface area contributed by atoms with Crippen LogP contribution in [0.25, 0.3) is 0 Å². The molecule has 2 heterocycles. The molecule has 66 valence electrons. The number of hydrogen-bond donors (Lipinski definition) is 1. The molecule has 0 bridgehead atoms. The van der Waals surface area contributed by atoms with E-state index in [0.29, 0.717) is 12.6 Å². The first-order chi connectivity index (χ1) is 5.83. The van der Waals surface area contributed by atoms with Crippen LogP contribution in [0.1, 0.15) is 17.4 Å². The van der Waals surface area contributed by atoms with Crippen molar-refractivity contribution in [3.63, 3.8) is 0 Å². The summed E-state index contributed by atoms with van der Waals surface area (Å²) < 4.78 is 5.35. The lowest BCUT2D eigenvalue weighted by Gasteiger charge is -2.30.